The van der Waals surface area contributed by atoms with Gasteiger partial charge < -0.3 is 24.8 Å². The van der Waals surface area contributed by atoms with Gasteiger partial charge in [-0.15, -0.1) is 11.3 Å². The molecule has 5 rings (SSSR count). The van der Waals surface area contributed by atoms with Crippen LogP contribution in [-0.2, 0) is 13.0 Å². The van der Waals surface area contributed by atoms with Gasteiger partial charge in [0.15, 0.2) is 5.75 Å². The summed E-state index contributed by atoms with van der Waals surface area (Å²) in [6.45, 7) is 0.257. The number of aromatic nitrogens is 3. The van der Waals surface area contributed by atoms with Gasteiger partial charge in [-0.3, -0.25) is 0 Å². The molecule has 3 aromatic heterocycles. The number of nitrogens with zero attached hydrogens (tertiary/aromatic N) is 4. The van der Waals surface area contributed by atoms with E-state index in [0.29, 0.717) is 57.2 Å². The zero-order valence-electron chi connectivity index (χ0n) is 22.6. The van der Waals surface area contributed by atoms with E-state index in [1.54, 1.807) is 36.3 Å². The maximum atomic E-state index is 15.0. The molecule has 3 heterocycles. The van der Waals surface area contributed by atoms with Gasteiger partial charge >= 0.3 is 6.18 Å². The molecular weight excluding hydrogens is 562 g/mol. The fourth-order valence-corrected chi connectivity index (χ4v) is 6.23. The third kappa shape index (κ3) is 6.36. The molecule has 1 aromatic carbocycles. The van der Waals surface area contributed by atoms with E-state index in [2.05, 4.69) is 20.3 Å². The number of hydrogen-bond donors (Lipinski definition) is 2. The monoisotopic (exact) mass is 591 g/mol. The predicted octanol–water partition coefficient (Wildman–Crippen LogP) is 5.13. The molecule has 0 spiro atoms. The van der Waals surface area contributed by atoms with Gasteiger partial charge in [0.1, 0.15) is 22.8 Å². The second-order valence-electron chi connectivity index (χ2n) is 9.96. The highest BCUT2D eigenvalue weighted by atomic mass is 32.1. The Bertz CT molecular complexity index is 1530. The Morgan fingerprint density at radius 3 is 2.59 bits per heavy atom. The molecule has 1 fully saturated rings. The van der Waals surface area contributed by atoms with Crippen molar-refractivity contribution in [2.24, 2.45) is 0 Å². The number of anilines is 1. The van der Waals surface area contributed by atoms with Crippen LogP contribution in [0.15, 0.2) is 42.9 Å². The molecule has 3 atom stereocenters. The summed E-state index contributed by atoms with van der Waals surface area (Å²) in [4.78, 5) is 15.1. The van der Waals surface area contributed by atoms with Crippen LogP contribution in [0, 0.1) is 5.82 Å². The average molecular weight is 592 g/mol. The van der Waals surface area contributed by atoms with Gasteiger partial charge in [-0.1, -0.05) is 12.1 Å². The number of thiophene rings is 1. The zero-order valence-corrected chi connectivity index (χ0v) is 23.4. The van der Waals surface area contributed by atoms with Gasteiger partial charge in [-0.2, -0.15) is 13.2 Å². The molecule has 0 unspecified atom stereocenters. The Morgan fingerprint density at radius 1 is 1.07 bits per heavy atom. The van der Waals surface area contributed by atoms with Crippen LogP contribution in [0.3, 0.4) is 0 Å². The third-order valence-electron chi connectivity index (χ3n) is 7.26. The van der Waals surface area contributed by atoms with Crippen molar-refractivity contribution in [3.63, 3.8) is 0 Å². The summed E-state index contributed by atoms with van der Waals surface area (Å²) >= 11 is 0.986. The van der Waals surface area contributed by atoms with Crippen LogP contribution < -0.4 is 19.7 Å². The Hall–Kier alpha value is -3.55. The number of pyridine rings is 1. The van der Waals surface area contributed by atoms with Crippen molar-refractivity contribution < 1.29 is 32.1 Å². The Balaban J connectivity index is 1.25. The van der Waals surface area contributed by atoms with E-state index < -0.39 is 18.7 Å². The van der Waals surface area contributed by atoms with Crippen LogP contribution >= 0.6 is 11.3 Å². The van der Waals surface area contributed by atoms with Gasteiger partial charge in [0.25, 0.3) is 5.88 Å². The lowest BCUT2D eigenvalue weighted by molar-refractivity contribution is -0.126. The van der Waals surface area contributed by atoms with Crippen molar-refractivity contribution in [1.29, 1.82) is 0 Å². The number of halogens is 4. The van der Waals surface area contributed by atoms with Gasteiger partial charge in [-0.05, 0) is 36.6 Å². The maximum absolute atomic E-state index is 15.0. The number of rotatable bonds is 9. The molecule has 1 aliphatic rings. The van der Waals surface area contributed by atoms with Crippen LogP contribution in [0.4, 0.5) is 23.4 Å². The summed E-state index contributed by atoms with van der Waals surface area (Å²) in [7, 11) is 4.76. The normalized spacial score (nSPS) is 19.1. The summed E-state index contributed by atoms with van der Waals surface area (Å²) in [6.07, 6.45) is -2.17. The smallest absolute Gasteiger partial charge is 0.393 e. The van der Waals surface area contributed by atoms with Crippen molar-refractivity contribution >= 4 is 27.4 Å². The number of benzene rings is 1. The van der Waals surface area contributed by atoms with Gasteiger partial charge in [0.2, 0.25) is 0 Å². The number of methoxy groups -OCH3 is 2. The minimum absolute atomic E-state index is 0.104. The first-order chi connectivity index (χ1) is 19.6. The average Bonchev–Trinajstić information content (AvgIpc) is 3.52. The Labute approximate surface area is 238 Å². The first-order valence-electron chi connectivity index (χ1n) is 12.9. The van der Waals surface area contributed by atoms with E-state index in [4.69, 9.17) is 9.47 Å². The van der Waals surface area contributed by atoms with Crippen molar-refractivity contribution in [3.8, 4) is 22.8 Å². The highest BCUT2D eigenvalue weighted by Crippen LogP contribution is 2.36. The molecule has 1 aliphatic carbocycles. The number of aliphatic hydroxyl groups is 1. The van der Waals surface area contributed by atoms with Crippen LogP contribution in [0.5, 0.6) is 11.6 Å². The molecule has 2 N–H and O–H groups in total. The number of fused-ring (bicyclic) bond motifs is 1. The SMILES string of the molecule is COc1cc(-c2ccc(CN[C@H]3C[C@@H](O)[C@@H](N(C)c4ncnc5sc(CC(F)(F)F)cc45)C3)c(F)c2)cnc1OC. The summed E-state index contributed by atoms with van der Waals surface area (Å²) in [5, 5.41) is 14.7. The molecule has 0 saturated heterocycles. The second-order valence-corrected chi connectivity index (χ2v) is 11.1. The number of hydrogen-bond acceptors (Lipinski definition) is 9. The van der Waals surface area contributed by atoms with E-state index >= 15 is 4.39 Å². The molecular formula is C28H29F4N5O3S. The molecule has 0 radical (unpaired) electrons. The Kier molecular flexibility index (Phi) is 8.30. The largest absolute Gasteiger partial charge is 0.491 e. The van der Waals surface area contributed by atoms with Crippen molar-refractivity contribution in [3.05, 3.63) is 59.1 Å². The van der Waals surface area contributed by atoms with Crippen LogP contribution in [0.1, 0.15) is 23.3 Å². The second kappa shape index (κ2) is 11.7. The van der Waals surface area contributed by atoms with E-state index in [1.165, 1.54) is 32.7 Å². The number of nitrogens with one attached hydrogen (secondary N) is 1. The summed E-state index contributed by atoms with van der Waals surface area (Å²) in [6, 6.07) is 7.71. The first-order valence-corrected chi connectivity index (χ1v) is 13.7. The minimum Gasteiger partial charge on any atom is -0.491 e. The van der Waals surface area contributed by atoms with Crippen molar-refractivity contribution in [2.75, 3.05) is 26.2 Å². The predicted molar refractivity (Wildman–Crippen MR) is 148 cm³/mol. The maximum Gasteiger partial charge on any atom is 0.393 e. The standard InChI is InChI=1S/C28H29F4N5O3S/c1-37(25-20-10-19(11-28(30,31)32)41-27(20)36-14-35-25)22-8-18(9-23(22)38)33-12-16-5-4-15(6-21(16)29)17-7-24(39-2)26(40-3)34-13-17/h4-7,10,13-14,18,22-23,33,38H,8-9,11-12H2,1-3H3/t18-,22+,23-/m1/s1. The van der Waals surface area contributed by atoms with E-state index in [-0.39, 0.29) is 29.3 Å². The lowest BCUT2D eigenvalue weighted by atomic mass is 10.0. The van der Waals surface area contributed by atoms with Gasteiger partial charge in [0, 0.05) is 41.8 Å². The molecule has 41 heavy (non-hydrogen) atoms. The van der Waals surface area contributed by atoms with Crippen molar-refractivity contribution in [2.45, 2.75) is 50.2 Å². The number of alkyl halides is 3. The van der Waals surface area contributed by atoms with Gasteiger partial charge in [0.05, 0.1) is 38.2 Å². The summed E-state index contributed by atoms with van der Waals surface area (Å²) < 4.78 is 64.3. The lowest BCUT2D eigenvalue weighted by Crippen LogP contribution is -2.38. The molecule has 0 aliphatic heterocycles. The highest BCUT2D eigenvalue weighted by Gasteiger charge is 2.37. The fourth-order valence-electron chi connectivity index (χ4n) is 5.21. The topological polar surface area (TPSA) is 92.6 Å². The van der Waals surface area contributed by atoms with Crippen LogP contribution in [0.2, 0.25) is 0 Å². The number of aliphatic hydroxyl groups excluding tert-OH is 1. The van der Waals surface area contributed by atoms with Crippen molar-refractivity contribution in [1.82, 2.24) is 20.3 Å². The zero-order chi connectivity index (χ0) is 29.3. The quantitative estimate of drug-likeness (QED) is 0.259. The third-order valence-corrected chi connectivity index (χ3v) is 8.30. The van der Waals surface area contributed by atoms with E-state index in [9.17, 15) is 18.3 Å². The Morgan fingerprint density at radius 2 is 1.88 bits per heavy atom. The fraction of sp³-hybridized carbons (Fsp3) is 0.393. The summed E-state index contributed by atoms with van der Waals surface area (Å²) in [5.74, 6) is 0.868. The molecule has 13 heteroatoms. The molecule has 0 bridgehead atoms. The lowest BCUT2D eigenvalue weighted by Gasteiger charge is -2.28. The molecule has 1 saturated carbocycles. The molecule has 4 aromatic rings. The van der Waals surface area contributed by atoms with E-state index in [0.717, 1.165) is 11.3 Å². The molecule has 8 nitrogen and oxygen atoms in total. The van der Waals surface area contributed by atoms with Crippen LogP contribution in [0.25, 0.3) is 21.3 Å². The van der Waals surface area contributed by atoms with Crippen LogP contribution in [-0.4, -0.2) is 65.7 Å². The first kappa shape index (κ1) is 29.0. The minimum atomic E-state index is -4.32. The summed E-state index contributed by atoms with van der Waals surface area (Å²) in [5.41, 5.74) is 1.79. The van der Waals surface area contributed by atoms with Gasteiger partial charge in [-0.25, -0.2) is 19.3 Å². The van der Waals surface area contributed by atoms with E-state index in [1.807, 2.05) is 0 Å². The number of likely N-dealkylation sites (N-methyl/N-ethyl adjacent to an activating group) is 1. The molecule has 0 amide bonds. The highest BCUT2D eigenvalue weighted by molar-refractivity contribution is 7.18. The molecule has 218 valence electrons. The number of ether oxygens (including phenoxy) is 2.